The average Bonchev–Trinajstić information content (AvgIpc) is 2.70. The van der Waals surface area contributed by atoms with Crippen molar-refractivity contribution in [2.75, 3.05) is 36.5 Å². The fourth-order valence-electron chi connectivity index (χ4n) is 3.15. The number of anilines is 2. The molecule has 6 nitrogen and oxygen atoms in total. The van der Waals surface area contributed by atoms with Gasteiger partial charge in [-0.15, -0.1) is 0 Å². The molecule has 3 rings (SSSR count). The number of carbonyl (C=O) groups is 2. The molecule has 1 amide bonds. The van der Waals surface area contributed by atoms with Crippen molar-refractivity contribution in [1.29, 1.82) is 0 Å². The smallest absolute Gasteiger partial charge is 0.310 e. The Bertz CT molecular complexity index is 650. The third kappa shape index (κ3) is 4.85. The van der Waals surface area contributed by atoms with Crippen LogP contribution in [0.25, 0.3) is 0 Å². The second-order valence-corrected chi connectivity index (χ2v) is 6.70. The molecule has 0 radical (unpaired) electrons. The molecule has 1 saturated heterocycles. The lowest BCUT2D eigenvalue weighted by Crippen LogP contribution is -2.36. The monoisotopic (exact) mass is 358 g/mol. The molecule has 140 valence electrons. The van der Waals surface area contributed by atoms with Gasteiger partial charge in [-0.1, -0.05) is 12.2 Å². The van der Waals surface area contributed by atoms with E-state index in [2.05, 4.69) is 16.3 Å². The molecule has 0 bridgehead atoms. The van der Waals surface area contributed by atoms with Crippen LogP contribution in [0.5, 0.6) is 0 Å². The Morgan fingerprint density at radius 2 is 1.92 bits per heavy atom. The lowest BCUT2D eigenvalue weighted by atomic mass is 9.95. The minimum Gasteiger partial charge on any atom is -0.452 e. The van der Waals surface area contributed by atoms with Crippen molar-refractivity contribution in [3.8, 4) is 0 Å². The van der Waals surface area contributed by atoms with Gasteiger partial charge in [0.25, 0.3) is 5.91 Å². The predicted molar refractivity (Wildman–Crippen MR) is 100 cm³/mol. The number of nitrogens with zero attached hydrogens (tertiary/aromatic N) is 1. The summed E-state index contributed by atoms with van der Waals surface area (Å²) in [7, 11) is 0. The Morgan fingerprint density at radius 1 is 1.19 bits per heavy atom. The average molecular weight is 358 g/mol. The predicted octanol–water partition coefficient (Wildman–Crippen LogP) is 2.75. The zero-order valence-electron chi connectivity index (χ0n) is 15.1. The highest BCUT2D eigenvalue weighted by molar-refractivity contribution is 5.95. The van der Waals surface area contributed by atoms with Gasteiger partial charge in [0.15, 0.2) is 6.10 Å². The Hall–Kier alpha value is -2.34. The first-order valence-corrected chi connectivity index (χ1v) is 9.22. The van der Waals surface area contributed by atoms with Gasteiger partial charge in [0.1, 0.15) is 0 Å². The number of ether oxygens (including phenoxy) is 2. The van der Waals surface area contributed by atoms with Crippen molar-refractivity contribution in [3.05, 3.63) is 36.4 Å². The van der Waals surface area contributed by atoms with E-state index in [1.165, 1.54) is 0 Å². The highest BCUT2D eigenvalue weighted by Crippen LogP contribution is 2.21. The molecule has 2 atom stereocenters. The number of hydrogen-bond donors (Lipinski definition) is 1. The van der Waals surface area contributed by atoms with Gasteiger partial charge in [0, 0.05) is 24.5 Å². The number of hydrogen-bond acceptors (Lipinski definition) is 5. The van der Waals surface area contributed by atoms with Gasteiger partial charge in [-0.25, -0.2) is 0 Å². The van der Waals surface area contributed by atoms with Crippen LogP contribution in [0, 0.1) is 5.92 Å². The maximum atomic E-state index is 12.3. The van der Waals surface area contributed by atoms with Gasteiger partial charge in [0.05, 0.1) is 19.1 Å². The number of amides is 1. The zero-order chi connectivity index (χ0) is 18.4. The summed E-state index contributed by atoms with van der Waals surface area (Å²) in [5.74, 6) is -0.744. The third-order valence-corrected chi connectivity index (χ3v) is 4.78. The summed E-state index contributed by atoms with van der Waals surface area (Å²) >= 11 is 0. The number of esters is 1. The molecule has 1 heterocycles. The normalized spacial score (nSPS) is 21.1. The van der Waals surface area contributed by atoms with E-state index < -0.39 is 6.10 Å². The molecule has 1 aromatic rings. The van der Waals surface area contributed by atoms with Crippen molar-refractivity contribution in [1.82, 2.24) is 0 Å². The molecule has 0 saturated carbocycles. The number of benzene rings is 1. The highest BCUT2D eigenvalue weighted by atomic mass is 16.5. The molecule has 0 unspecified atom stereocenters. The maximum absolute atomic E-state index is 12.3. The number of carbonyl (C=O) groups excluding carboxylic acids is 2. The molecule has 1 fully saturated rings. The summed E-state index contributed by atoms with van der Waals surface area (Å²) in [4.78, 5) is 26.7. The summed E-state index contributed by atoms with van der Waals surface area (Å²) in [5, 5.41) is 2.81. The van der Waals surface area contributed by atoms with Crippen LogP contribution in [0.3, 0.4) is 0 Å². The molecule has 26 heavy (non-hydrogen) atoms. The molecular weight excluding hydrogens is 332 g/mol. The van der Waals surface area contributed by atoms with Crippen LogP contribution in [0.15, 0.2) is 36.4 Å². The first-order chi connectivity index (χ1) is 12.6. The molecule has 6 heteroatoms. The van der Waals surface area contributed by atoms with Crippen molar-refractivity contribution in [3.63, 3.8) is 0 Å². The molecular formula is C20H26N2O4. The zero-order valence-corrected chi connectivity index (χ0v) is 15.1. The van der Waals surface area contributed by atoms with E-state index in [0.717, 1.165) is 44.8 Å². The lowest BCUT2D eigenvalue weighted by Gasteiger charge is -2.29. The molecule has 2 aliphatic rings. The quantitative estimate of drug-likeness (QED) is 0.647. The summed E-state index contributed by atoms with van der Waals surface area (Å²) in [6.07, 6.45) is 5.61. The Kier molecular flexibility index (Phi) is 6.28. The Labute approximate surface area is 154 Å². The number of morpholine rings is 1. The Balaban J connectivity index is 1.50. The van der Waals surface area contributed by atoms with Gasteiger partial charge in [-0.3, -0.25) is 9.59 Å². The molecule has 0 aromatic heterocycles. The van der Waals surface area contributed by atoms with Gasteiger partial charge >= 0.3 is 5.97 Å². The molecule has 1 aromatic carbocycles. The van der Waals surface area contributed by atoms with E-state index in [1.54, 1.807) is 6.92 Å². The number of allylic oxidation sites excluding steroid dienone is 2. The van der Waals surface area contributed by atoms with Crippen LogP contribution in [0.2, 0.25) is 0 Å². The van der Waals surface area contributed by atoms with E-state index in [-0.39, 0.29) is 17.8 Å². The number of nitrogens with one attached hydrogen (secondary N) is 1. The third-order valence-electron chi connectivity index (χ3n) is 4.78. The van der Waals surface area contributed by atoms with E-state index in [1.807, 2.05) is 30.3 Å². The van der Waals surface area contributed by atoms with Crippen LogP contribution < -0.4 is 10.2 Å². The van der Waals surface area contributed by atoms with Crippen LogP contribution in [-0.2, 0) is 19.1 Å². The first-order valence-electron chi connectivity index (χ1n) is 9.22. The fourth-order valence-corrected chi connectivity index (χ4v) is 3.15. The van der Waals surface area contributed by atoms with Gasteiger partial charge in [-0.05, 0) is 50.5 Å². The molecule has 0 spiro atoms. The van der Waals surface area contributed by atoms with E-state index in [9.17, 15) is 9.59 Å². The summed E-state index contributed by atoms with van der Waals surface area (Å²) in [5.41, 5.74) is 1.80. The summed E-state index contributed by atoms with van der Waals surface area (Å²) in [6.45, 7) is 4.81. The number of rotatable bonds is 5. The fraction of sp³-hybridized carbons (Fsp3) is 0.500. The summed E-state index contributed by atoms with van der Waals surface area (Å²) in [6, 6.07) is 7.68. The van der Waals surface area contributed by atoms with E-state index in [4.69, 9.17) is 9.47 Å². The molecule has 1 N–H and O–H groups in total. The minimum absolute atomic E-state index is 0.136. The maximum Gasteiger partial charge on any atom is 0.310 e. The van der Waals surface area contributed by atoms with Crippen LogP contribution in [-0.4, -0.2) is 44.3 Å². The topological polar surface area (TPSA) is 67.9 Å². The molecule has 1 aliphatic carbocycles. The second-order valence-electron chi connectivity index (χ2n) is 6.70. The molecule has 1 aliphatic heterocycles. The van der Waals surface area contributed by atoms with Crippen molar-refractivity contribution >= 4 is 23.3 Å². The summed E-state index contributed by atoms with van der Waals surface area (Å²) < 4.78 is 10.7. The van der Waals surface area contributed by atoms with Gasteiger partial charge in [0.2, 0.25) is 0 Å². The largest absolute Gasteiger partial charge is 0.452 e. The van der Waals surface area contributed by atoms with Crippen molar-refractivity contribution < 1.29 is 19.1 Å². The van der Waals surface area contributed by atoms with Crippen LogP contribution >= 0.6 is 0 Å². The lowest BCUT2D eigenvalue weighted by molar-refractivity contribution is -0.157. The van der Waals surface area contributed by atoms with Crippen LogP contribution in [0.1, 0.15) is 26.2 Å². The highest BCUT2D eigenvalue weighted by Gasteiger charge is 2.25. The minimum atomic E-state index is -0.813. The second kappa shape index (κ2) is 8.85. The Morgan fingerprint density at radius 3 is 2.58 bits per heavy atom. The van der Waals surface area contributed by atoms with Crippen molar-refractivity contribution in [2.45, 2.75) is 32.3 Å². The standard InChI is InChI=1S/C20H26N2O4/c1-15(26-20(24)16-5-3-2-4-6-16)19(23)21-17-7-9-18(10-8-17)22-11-13-25-14-12-22/h2-3,7-10,15-16H,4-6,11-14H2,1H3,(H,21,23)/t15-,16+/m1/s1. The van der Waals surface area contributed by atoms with E-state index in [0.29, 0.717) is 12.1 Å². The SMILES string of the molecule is C[C@@H](OC(=O)[C@H]1CC=CCC1)C(=O)Nc1ccc(N2CCOCC2)cc1. The van der Waals surface area contributed by atoms with Gasteiger partial charge in [-0.2, -0.15) is 0 Å². The van der Waals surface area contributed by atoms with Gasteiger partial charge < -0.3 is 19.7 Å². The first kappa shape index (κ1) is 18.5. The van der Waals surface area contributed by atoms with Crippen LogP contribution in [0.4, 0.5) is 11.4 Å². The van der Waals surface area contributed by atoms with Crippen molar-refractivity contribution in [2.24, 2.45) is 5.92 Å². The van der Waals surface area contributed by atoms with E-state index >= 15 is 0 Å².